The summed E-state index contributed by atoms with van der Waals surface area (Å²) in [6, 6.07) is 21.3. The van der Waals surface area contributed by atoms with Crippen LogP contribution >= 0.6 is 0 Å². The van der Waals surface area contributed by atoms with Crippen LogP contribution in [-0.2, 0) is 57.2 Å². The number of rotatable bonds is 17. The molecule has 0 aliphatic rings. The van der Waals surface area contributed by atoms with Crippen molar-refractivity contribution in [2.24, 2.45) is 0 Å². The Labute approximate surface area is 304 Å². The molecule has 18 heteroatoms. The van der Waals surface area contributed by atoms with Crippen molar-refractivity contribution in [2.75, 3.05) is 13.2 Å². The zero-order valence-corrected chi connectivity index (χ0v) is 31.7. The molecule has 0 aliphatic heterocycles. The molecule has 0 amide bonds. The van der Waals surface area contributed by atoms with Gasteiger partial charge < -0.3 is 10.2 Å². The van der Waals surface area contributed by atoms with Crippen LogP contribution < -0.4 is 0 Å². The van der Waals surface area contributed by atoms with Crippen molar-refractivity contribution in [3.8, 4) is 0 Å². The number of aliphatic hydroxyl groups is 2. The standard InChI is InChI=1S/C34H38O14S4/c1-23-5-13-27(14-6-23)49(37,38)45-21-31(47-51(41,42)29-17-9-25(3)10-18-29)33(35)34(36)32(48-52(43,44)30-19-11-26(4)12-20-30)22-46-50(39,40)28-15-7-24(2)8-16-28/h5-20,31-36H,21-22H2,1-4H3/t31-,32-,33-,34-/m0/s1. The molecule has 0 unspecified atom stereocenters. The second kappa shape index (κ2) is 16.6. The van der Waals surface area contributed by atoms with Crippen molar-refractivity contribution in [2.45, 2.75) is 71.7 Å². The monoisotopic (exact) mass is 798 g/mol. The van der Waals surface area contributed by atoms with Crippen LogP contribution in [0, 0.1) is 27.7 Å². The number of hydrogen-bond acceptors (Lipinski definition) is 14. The van der Waals surface area contributed by atoms with Crippen molar-refractivity contribution in [3.05, 3.63) is 119 Å². The van der Waals surface area contributed by atoms with Crippen molar-refractivity contribution < 1.29 is 60.6 Å². The third-order valence-electron chi connectivity index (χ3n) is 7.63. The normalized spacial score (nSPS) is 15.1. The Morgan fingerprint density at radius 2 is 0.615 bits per heavy atom. The first kappa shape index (κ1) is 41.2. The van der Waals surface area contributed by atoms with Crippen molar-refractivity contribution >= 4 is 40.5 Å². The van der Waals surface area contributed by atoms with E-state index in [1.54, 1.807) is 27.7 Å². The van der Waals surface area contributed by atoms with E-state index in [2.05, 4.69) is 0 Å². The number of benzene rings is 4. The molecular weight excluding hydrogens is 761 g/mol. The first-order valence-electron chi connectivity index (χ1n) is 15.5. The quantitative estimate of drug-likeness (QED) is 0.147. The molecule has 0 saturated carbocycles. The molecule has 4 aromatic rings. The summed E-state index contributed by atoms with van der Waals surface area (Å²) >= 11 is 0. The molecule has 0 spiro atoms. The predicted octanol–water partition coefficient (Wildman–Crippen LogP) is 3.30. The van der Waals surface area contributed by atoms with Gasteiger partial charge in [0.15, 0.2) is 0 Å². The lowest BCUT2D eigenvalue weighted by Gasteiger charge is -2.30. The van der Waals surface area contributed by atoms with Gasteiger partial charge in [0.25, 0.3) is 40.5 Å². The minimum absolute atomic E-state index is 0.326. The molecule has 282 valence electrons. The van der Waals surface area contributed by atoms with Gasteiger partial charge in [-0.15, -0.1) is 0 Å². The lowest BCUT2D eigenvalue weighted by molar-refractivity contribution is -0.103. The maximum Gasteiger partial charge on any atom is 0.297 e. The van der Waals surface area contributed by atoms with Gasteiger partial charge >= 0.3 is 0 Å². The average molecular weight is 799 g/mol. The van der Waals surface area contributed by atoms with E-state index in [9.17, 15) is 43.9 Å². The molecule has 0 saturated heterocycles. The molecule has 4 aromatic carbocycles. The van der Waals surface area contributed by atoms with E-state index < -0.39 is 87.9 Å². The fourth-order valence-electron chi connectivity index (χ4n) is 4.51. The van der Waals surface area contributed by atoms with Gasteiger partial charge in [0.05, 0.1) is 32.8 Å². The molecule has 14 nitrogen and oxygen atoms in total. The Morgan fingerprint density at radius 1 is 0.404 bits per heavy atom. The van der Waals surface area contributed by atoms with Crippen molar-refractivity contribution in [3.63, 3.8) is 0 Å². The lowest BCUT2D eigenvalue weighted by atomic mass is 10.0. The number of aryl methyl sites for hydroxylation is 4. The molecule has 0 bridgehead atoms. The molecule has 0 heterocycles. The third-order valence-corrected chi connectivity index (χ3v) is 12.9. The summed E-state index contributed by atoms with van der Waals surface area (Å²) < 4.78 is 126. The molecule has 4 rings (SSSR count). The first-order valence-corrected chi connectivity index (χ1v) is 21.1. The van der Waals surface area contributed by atoms with Crippen molar-refractivity contribution in [1.29, 1.82) is 0 Å². The van der Waals surface area contributed by atoms with E-state index in [0.717, 1.165) is 11.1 Å². The van der Waals surface area contributed by atoms with Crippen LogP contribution in [0.25, 0.3) is 0 Å². The molecule has 0 aliphatic carbocycles. The Morgan fingerprint density at radius 3 is 0.846 bits per heavy atom. The molecule has 2 N–H and O–H groups in total. The van der Waals surface area contributed by atoms with E-state index in [0.29, 0.717) is 11.1 Å². The summed E-state index contributed by atoms with van der Waals surface area (Å²) in [5, 5.41) is 22.8. The van der Waals surface area contributed by atoms with Gasteiger partial charge in [-0.05, 0) is 76.2 Å². The number of aliphatic hydroxyl groups excluding tert-OH is 2. The van der Waals surface area contributed by atoms with Crippen LogP contribution in [-0.4, -0.2) is 81.5 Å². The summed E-state index contributed by atoms with van der Waals surface area (Å²) in [6.07, 6.45) is -9.50. The first-order chi connectivity index (χ1) is 24.2. The maximum absolute atomic E-state index is 13.3. The molecular formula is C34H38O14S4. The van der Waals surface area contributed by atoms with Crippen molar-refractivity contribution in [1.82, 2.24) is 0 Å². The lowest BCUT2D eigenvalue weighted by Crippen LogP contribution is -2.51. The zero-order chi connectivity index (χ0) is 38.5. The van der Waals surface area contributed by atoms with Gasteiger partial charge in [0, 0.05) is 0 Å². The van der Waals surface area contributed by atoms with E-state index in [1.165, 1.54) is 97.1 Å². The summed E-state index contributed by atoms with van der Waals surface area (Å²) in [5.74, 6) is 0. The summed E-state index contributed by atoms with van der Waals surface area (Å²) in [5.41, 5.74) is 2.82. The fraction of sp³-hybridized carbons (Fsp3) is 0.294. The predicted molar refractivity (Wildman–Crippen MR) is 187 cm³/mol. The van der Waals surface area contributed by atoms with Gasteiger partial charge in [-0.25, -0.2) is 0 Å². The molecule has 0 fully saturated rings. The van der Waals surface area contributed by atoms with Crippen LogP contribution in [0.2, 0.25) is 0 Å². The highest BCUT2D eigenvalue weighted by Gasteiger charge is 2.41. The van der Waals surface area contributed by atoms with Crippen LogP contribution in [0.4, 0.5) is 0 Å². The van der Waals surface area contributed by atoms with Crippen LogP contribution in [0.3, 0.4) is 0 Å². The highest BCUT2D eigenvalue weighted by molar-refractivity contribution is 7.87. The highest BCUT2D eigenvalue weighted by atomic mass is 32.2. The summed E-state index contributed by atoms with van der Waals surface area (Å²) in [4.78, 5) is -1.47. The van der Waals surface area contributed by atoms with Gasteiger partial charge in [0.1, 0.15) is 24.4 Å². The van der Waals surface area contributed by atoms with Gasteiger partial charge in [-0.2, -0.15) is 33.7 Å². The minimum Gasteiger partial charge on any atom is -0.387 e. The van der Waals surface area contributed by atoms with Gasteiger partial charge in [0.2, 0.25) is 0 Å². The van der Waals surface area contributed by atoms with Gasteiger partial charge in [-0.3, -0.25) is 16.7 Å². The van der Waals surface area contributed by atoms with Crippen LogP contribution in [0.15, 0.2) is 117 Å². The summed E-state index contributed by atoms with van der Waals surface area (Å²) in [7, 11) is -18.8. The Bertz CT molecular complexity index is 2090. The van der Waals surface area contributed by atoms with E-state index >= 15 is 0 Å². The molecule has 52 heavy (non-hydrogen) atoms. The largest absolute Gasteiger partial charge is 0.387 e. The fourth-order valence-corrected chi connectivity index (χ4v) is 8.50. The maximum atomic E-state index is 13.3. The molecule has 0 radical (unpaired) electrons. The third kappa shape index (κ3) is 10.8. The van der Waals surface area contributed by atoms with E-state index in [1.807, 2.05) is 0 Å². The molecule has 0 aromatic heterocycles. The number of hydrogen-bond donors (Lipinski definition) is 2. The van der Waals surface area contributed by atoms with Crippen LogP contribution in [0.5, 0.6) is 0 Å². The average Bonchev–Trinajstić information content (AvgIpc) is 3.08. The second-order valence-corrected chi connectivity index (χ2v) is 18.3. The smallest absolute Gasteiger partial charge is 0.297 e. The topological polar surface area (TPSA) is 214 Å². The van der Waals surface area contributed by atoms with E-state index in [4.69, 9.17) is 16.7 Å². The van der Waals surface area contributed by atoms with Crippen LogP contribution in [0.1, 0.15) is 22.3 Å². The Hall–Kier alpha value is -3.56. The minimum atomic E-state index is -4.81. The van der Waals surface area contributed by atoms with E-state index in [-0.39, 0.29) is 9.79 Å². The second-order valence-electron chi connectivity index (χ2n) is 11.9. The SMILES string of the molecule is Cc1ccc(S(=O)(=O)OC[C@H](OS(=O)(=O)c2ccc(C)cc2)[C@H](O)[C@@H](O)[C@H](COS(=O)(=O)c2ccc(C)cc2)OS(=O)(=O)c2ccc(C)cc2)cc1. The molecule has 4 atom stereocenters. The zero-order valence-electron chi connectivity index (χ0n) is 28.4. The highest BCUT2D eigenvalue weighted by Crippen LogP contribution is 2.25. The summed E-state index contributed by atoms with van der Waals surface area (Å²) in [6.45, 7) is 4.36. The van der Waals surface area contributed by atoms with Gasteiger partial charge in [-0.1, -0.05) is 70.8 Å². The Balaban J connectivity index is 1.70. The Kier molecular flexibility index (Phi) is 13.2.